The third-order valence-electron chi connectivity index (χ3n) is 4.87. The summed E-state index contributed by atoms with van der Waals surface area (Å²) in [6.07, 6.45) is 1.51. The van der Waals surface area contributed by atoms with Crippen LogP contribution in [0.3, 0.4) is 0 Å². The fourth-order valence-electron chi connectivity index (χ4n) is 3.34. The highest BCUT2D eigenvalue weighted by atomic mass is 32.1. The zero-order valence-corrected chi connectivity index (χ0v) is 16.9. The number of hydrogen-bond donors (Lipinski definition) is 1. The summed E-state index contributed by atoms with van der Waals surface area (Å²) in [4.78, 5) is 25.4. The van der Waals surface area contributed by atoms with E-state index in [1.165, 1.54) is 11.0 Å². The molecule has 146 valence electrons. The van der Waals surface area contributed by atoms with E-state index in [0.717, 1.165) is 25.9 Å². The molecule has 1 saturated heterocycles. The summed E-state index contributed by atoms with van der Waals surface area (Å²) in [5.41, 5.74) is 1.35. The van der Waals surface area contributed by atoms with Gasteiger partial charge in [0.25, 0.3) is 0 Å². The van der Waals surface area contributed by atoms with Gasteiger partial charge in [0.15, 0.2) is 6.67 Å². The average Bonchev–Trinajstić information content (AvgIpc) is 2.66. The van der Waals surface area contributed by atoms with Gasteiger partial charge >= 0.3 is 11.9 Å². The number of ether oxygens (including phenoxy) is 2. The predicted molar refractivity (Wildman–Crippen MR) is 101 cm³/mol. The maximum Gasteiger partial charge on any atom is 0.339 e. The van der Waals surface area contributed by atoms with Crippen LogP contribution in [0.5, 0.6) is 0 Å². The molecule has 0 bridgehead atoms. The van der Waals surface area contributed by atoms with Crippen LogP contribution >= 0.6 is 12.2 Å². The van der Waals surface area contributed by atoms with E-state index < -0.39 is 5.97 Å². The Morgan fingerprint density at radius 1 is 1.30 bits per heavy atom. The second-order valence-corrected chi connectivity index (χ2v) is 6.94. The Morgan fingerprint density at radius 2 is 1.93 bits per heavy atom. The zero-order valence-electron chi connectivity index (χ0n) is 16.0. The predicted octanol–water partition coefficient (Wildman–Crippen LogP) is 1.39. The number of aromatic nitrogens is 1. The van der Waals surface area contributed by atoms with E-state index in [-0.39, 0.29) is 18.5 Å². The maximum atomic E-state index is 12.2. The smallest absolute Gasteiger partial charge is 0.339 e. The molecule has 1 aliphatic heterocycles. The van der Waals surface area contributed by atoms with E-state index in [2.05, 4.69) is 6.07 Å². The number of carbonyl (C=O) groups is 2. The lowest BCUT2D eigenvalue weighted by Gasteiger charge is -2.29. The number of hydrogen-bond acceptors (Lipinski definition) is 6. The second kappa shape index (κ2) is 9.62. The van der Waals surface area contributed by atoms with Crippen molar-refractivity contribution in [2.45, 2.75) is 40.3 Å². The highest BCUT2D eigenvalue weighted by Crippen LogP contribution is 2.16. The largest absolute Gasteiger partial charge is 0.466 e. The van der Waals surface area contributed by atoms with Crippen LogP contribution in [0.15, 0.2) is 6.07 Å². The molecule has 0 aliphatic carbocycles. The second-order valence-electron chi connectivity index (χ2n) is 6.56. The first-order valence-corrected chi connectivity index (χ1v) is 9.65. The molecule has 8 heteroatoms. The third-order valence-corrected chi connectivity index (χ3v) is 5.31. The van der Waals surface area contributed by atoms with Crippen LogP contribution < -0.4 is 4.90 Å². The van der Waals surface area contributed by atoms with Crippen molar-refractivity contribution in [3.8, 4) is 6.07 Å². The molecule has 1 aromatic heterocycles. The molecule has 0 atom stereocenters. The van der Waals surface area contributed by atoms with E-state index in [1.807, 2.05) is 18.4 Å². The van der Waals surface area contributed by atoms with E-state index in [1.54, 1.807) is 6.92 Å². The fraction of sp³-hybridized carbons (Fsp3) is 0.579. The molecule has 27 heavy (non-hydrogen) atoms. The Balaban J connectivity index is 2.20. The average molecular weight is 393 g/mol. The zero-order chi connectivity index (χ0) is 20.0. The van der Waals surface area contributed by atoms with E-state index >= 15 is 0 Å². The van der Waals surface area contributed by atoms with Crippen molar-refractivity contribution in [2.24, 2.45) is 5.92 Å². The number of nitrogens with zero attached hydrogens (tertiary/aromatic N) is 2. The first kappa shape index (κ1) is 21.1. The minimum atomic E-state index is -0.453. The monoisotopic (exact) mass is 392 g/mol. The molecule has 0 aromatic carbocycles. The highest BCUT2D eigenvalue weighted by Gasteiger charge is 2.29. The summed E-state index contributed by atoms with van der Waals surface area (Å²) in [5.74, 6) is -0.630. The summed E-state index contributed by atoms with van der Waals surface area (Å²) < 4.78 is 12.5. The van der Waals surface area contributed by atoms with Gasteiger partial charge in [-0.25, -0.2) is 4.79 Å². The Labute approximate surface area is 164 Å². The lowest BCUT2D eigenvalue weighted by molar-refractivity contribution is -0.928. The Bertz CT molecular complexity index is 804. The van der Waals surface area contributed by atoms with Gasteiger partial charge in [-0.15, -0.1) is 0 Å². The first-order valence-electron chi connectivity index (χ1n) is 9.24. The van der Waals surface area contributed by atoms with Crippen molar-refractivity contribution in [3.63, 3.8) is 0 Å². The van der Waals surface area contributed by atoms with Crippen LogP contribution in [-0.4, -0.2) is 42.8 Å². The van der Waals surface area contributed by atoms with Crippen molar-refractivity contribution in [3.05, 3.63) is 27.5 Å². The number of esters is 2. The minimum Gasteiger partial charge on any atom is -0.466 e. The summed E-state index contributed by atoms with van der Waals surface area (Å²) in [5, 5.41) is 9.38. The van der Waals surface area contributed by atoms with Gasteiger partial charge in [-0.3, -0.25) is 9.36 Å². The quantitative estimate of drug-likeness (QED) is 0.582. The number of piperidine rings is 1. The van der Waals surface area contributed by atoms with Crippen LogP contribution in [0.1, 0.15) is 48.3 Å². The standard InChI is InChI=1S/C19H25N3O4S/c1-4-25-18(23)14-6-8-21(9-7-14)12-22-13(3)16(19(24)26-5-2)10-15(11-20)17(22)27/h10,14H,4-9,12H2,1-3H3/p+1. The van der Waals surface area contributed by atoms with Crippen LogP contribution in [0, 0.1) is 28.8 Å². The van der Waals surface area contributed by atoms with Gasteiger partial charge in [0.2, 0.25) is 0 Å². The van der Waals surface area contributed by atoms with E-state index in [9.17, 15) is 14.9 Å². The third kappa shape index (κ3) is 4.93. The molecule has 7 nitrogen and oxygen atoms in total. The van der Waals surface area contributed by atoms with Crippen molar-refractivity contribution in [2.75, 3.05) is 26.3 Å². The first-order chi connectivity index (χ1) is 12.9. The van der Waals surface area contributed by atoms with Gasteiger partial charge in [0.05, 0.1) is 43.3 Å². The van der Waals surface area contributed by atoms with E-state index in [4.69, 9.17) is 21.7 Å². The van der Waals surface area contributed by atoms with Crippen molar-refractivity contribution in [1.82, 2.24) is 4.57 Å². The maximum absolute atomic E-state index is 12.2. The van der Waals surface area contributed by atoms with Crippen molar-refractivity contribution >= 4 is 24.2 Å². The number of nitriles is 1. The van der Waals surface area contributed by atoms with Gasteiger partial charge in [0.1, 0.15) is 10.7 Å². The molecule has 1 aliphatic rings. The van der Waals surface area contributed by atoms with Crippen molar-refractivity contribution < 1.29 is 24.0 Å². The number of nitrogens with one attached hydrogen (secondary N) is 1. The molecule has 1 fully saturated rings. The molecule has 1 aromatic rings. The summed E-state index contributed by atoms with van der Waals surface area (Å²) >= 11 is 5.46. The molecular formula is C19H26N3O4S+. The van der Waals surface area contributed by atoms with Gasteiger partial charge in [0, 0.05) is 18.5 Å². The number of rotatable bonds is 6. The van der Waals surface area contributed by atoms with Crippen LogP contribution in [0.25, 0.3) is 0 Å². The van der Waals surface area contributed by atoms with Crippen LogP contribution in [0.4, 0.5) is 0 Å². The Kier molecular flexibility index (Phi) is 7.51. The molecule has 0 amide bonds. The minimum absolute atomic E-state index is 0.0525. The van der Waals surface area contributed by atoms with Gasteiger partial charge < -0.3 is 14.4 Å². The normalized spacial score (nSPS) is 19.2. The Morgan fingerprint density at radius 3 is 2.48 bits per heavy atom. The van der Waals surface area contributed by atoms with Gasteiger partial charge in [-0.1, -0.05) is 12.2 Å². The summed E-state index contributed by atoms with van der Waals surface area (Å²) in [7, 11) is 0. The fourth-order valence-corrected chi connectivity index (χ4v) is 3.65. The highest BCUT2D eigenvalue weighted by molar-refractivity contribution is 7.71. The van der Waals surface area contributed by atoms with Gasteiger partial charge in [-0.05, 0) is 26.8 Å². The SMILES string of the molecule is CCOC(=O)c1cc(C#N)c(=S)n(C[NH+]2CCC(C(=O)OCC)CC2)c1C. The topological polar surface area (TPSA) is 85.8 Å². The van der Waals surface area contributed by atoms with Crippen LogP contribution in [0.2, 0.25) is 0 Å². The lowest BCUT2D eigenvalue weighted by Crippen LogP contribution is -3.12. The molecule has 1 N–H and O–H groups in total. The molecular weight excluding hydrogens is 366 g/mol. The number of carbonyl (C=O) groups excluding carboxylic acids is 2. The van der Waals surface area contributed by atoms with Crippen LogP contribution in [-0.2, 0) is 20.9 Å². The number of pyridine rings is 1. The molecule has 2 heterocycles. The van der Waals surface area contributed by atoms with Crippen molar-refractivity contribution in [1.29, 1.82) is 5.26 Å². The lowest BCUT2D eigenvalue weighted by atomic mass is 9.97. The summed E-state index contributed by atoms with van der Waals surface area (Å²) in [6.45, 7) is 8.18. The molecule has 0 saturated carbocycles. The van der Waals surface area contributed by atoms with Gasteiger partial charge in [-0.2, -0.15) is 5.26 Å². The number of likely N-dealkylation sites (tertiary alicyclic amines) is 1. The summed E-state index contributed by atoms with van der Waals surface area (Å²) in [6, 6.07) is 3.58. The van der Waals surface area contributed by atoms with E-state index in [0.29, 0.717) is 34.7 Å². The molecule has 0 unspecified atom stereocenters. The molecule has 2 rings (SSSR count). The number of quaternary nitrogens is 1. The molecule has 0 radical (unpaired) electrons. The Hall–Kier alpha value is -2.24. The molecule has 0 spiro atoms.